The third kappa shape index (κ3) is 3.29. The second kappa shape index (κ2) is 6.49. The molecule has 25 heavy (non-hydrogen) atoms. The number of fused-ring (bicyclic) bond motifs is 1. The molecule has 0 radical (unpaired) electrons. The lowest BCUT2D eigenvalue weighted by atomic mass is 10.2. The van der Waals surface area contributed by atoms with Crippen molar-refractivity contribution in [2.24, 2.45) is 0 Å². The number of thiophene rings is 1. The van der Waals surface area contributed by atoms with E-state index in [-0.39, 0.29) is 5.91 Å². The zero-order valence-corrected chi connectivity index (χ0v) is 14.3. The molecule has 1 amide bonds. The number of oxazole rings is 1. The van der Waals surface area contributed by atoms with E-state index in [0.717, 1.165) is 10.4 Å². The molecule has 0 atom stereocenters. The van der Waals surface area contributed by atoms with Gasteiger partial charge in [-0.1, -0.05) is 24.3 Å². The van der Waals surface area contributed by atoms with Crippen molar-refractivity contribution in [3.63, 3.8) is 0 Å². The fourth-order valence-corrected chi connectivity index (χ4v) is 3.25. The van der Waals surface area contributed by atoms with E-state index in [0.29, 0.717) is 34.9 Å². The third-order valence-electron chi connectivity index (χ3n) is 3.78. The number of nitrogens with zero attached hydrogens (tertiary/aromatic N) is 2. The Morgan fingerprint density at radius 2 is 2.00 bits per heavy atom. The number of hydrogen-bond acceptors (Lipinski definition) is 5. The smallest absolute Gasteiger partial charge is 0.247 e. The molecule has 0 saturated heterocycles. The maximum absolute atomic E-state index is 12.2. The SMILES string of the molecule is Cc1nc2oc(-c3ccccc3)nc2cc1NC(=O)Cc1cccs1. The summed E-state index contributed by atoms with van der Waals surface area (Å²) in [4.78, 5) is 22.2. The van der Waals surface area contributed by atoms with Crippen molar-refractivity contribution in [3.8, 4) is 11.5 Å². The molecule has 0 aliphatic rings. The van der Waals surface area contributed by atoms with Crippen LogP contribution in [0.4, 0.5) is 5.69 Å². The first-order valence-electron chi connectivity index (χ1n) is 7.85. The number of anilines is 1. The largest absolute Gasteiger partial charge is 0.418 e. The van der Waals surface area contributed by atoms with Crippen LogP contribution in [0.5, 0.6) is 0 Å². The Morgan fingerprint density at radius 1 is 1.16 bits per heavy atom. The van der Waals surface area contributed by atoms with Crippen molar-refractivity contribution >= 4 is 34.2 Å². The minimum Gasteiger partial charge on any atom is -0.418 e. The van der Waals surface area contributed by atoms with E-state index in [1.165, 1.54) is 0 Å². The number of benzene rings is 1. The molecule has 1 N–H and O–H groups in total. The molecule has 0 unspecified atom stereocenters. The molecule has 0 aliphatic heterocycles. The maximum atomic E-state index is 12.2. The highest BCUT2D eigenvalue weighted by Crippen LogP contribution is 2.26. The molecule has 0 aliphatic carbocycles. The van der Waals surface area contributed by atoms with Gasteiger partial charge in [-0.15, -0.1) is 11.3 Å². The summed E-state index contributed by atoms with van der Waals surface area (Å²) in [7, 11) is 0. The molecule has 0 spiro atoms. The summed E-state index contributed by atoms with van der Waals surface area (Å²) in [6, 6.07) is 15.4. The van der Waals surface area contributed by atoms with Gasteiger partial charge in [0.1, 0.15) is 5.52 Å². The number of amides is 1. The van der Waals surface area contributed by atoms with Gasteiger partial charge in [0.15, 0.2) is 0 Å². The molecule has 6 heteroatoms. The van der Waals surface area contributed by atoms with E-state index in [1.54, 1.807) is 17.4 Å². The van der Waals surface area contributed by atoms with Gasteiger partial charge < -0.3 is 9.73 Å². The Labute approximate surface area is 148 Å². The van der Waals surface area contributed by atoms with Gasteiger partial charge in [-0.05, 0) is 36.6 Å². The Hall–Kier alpha value is -2.99. The fourth-order valence-electron chi connectivity index (χ4n) is 2.55. The highest BCUT2D eigenvalue weighted by Gasteiger charge is 2.14. The van der Waals surface area contributed by atoms with Gasteiger partial charge in [-0.3, -0.25) is 4.79 Å². The molecule has 3 heterocycles. The summed E-state index contributed by atoms with van der Waals surface area (Å²) in [6.07, 6.45) is 0.350. The molecule has 124 valence electrons. The molecular weight excluding hydrogens is 334 g/mol. The van der Waals surface area contributed by atoms with Crippen LogP contribution in [0.1, 0.15) is 10.6 Å². The van der Waals surface area contributed by atoms with Crippen molar-refractivity contribution in [2.45, 2.75) is 13.3 Å². The Bertz CT molecular complexity index is 1020. The quantitative estimate of drug-likeness (QED) is 0.591. The molecule has 1 aromatic carbocycles. The van der Waals surface area contributed by atoms with E-state index in [2.05, 4.69) is 15.3 Å². The molecule has 4 rings (SSSR count). The normalized spacial score (nSPS) is 10.9. The Balaban J connectivity index is 1.61. The van der Waals surface area contributed by atoms with Crippen molar-refractivity contribution in [1.82, 2.24) is 9.97 Å². The average molecular weight is 349 g/mol. The first-order valence-corrected chi connectivity index (χ1v) is 8.73. The van der Waals surface area contributed by atoms with E-state index < -0.39 is 0 Å². The maximum Gasteiger partial charge on any atom is 0.247 e. The lowest BCUT2D eigenvalue weighted by molar-refractivity contribution is -0.115. The molecule has 4 aromatic rings. The van der Waals surface area contributed by atoms with Crippen LogP contribution in [0.25, 0.3) is 22.7 Å². The molecular formula is C19H15N3O2S. The molecule has 3 aromatic heterocycles. The van der Waals surface area contributed by atoms with Gasteiger partial charge in [0.05, 0.1) is 17.8 Å². The molecule has 0 fully saturated rings. The highest BCUT2D eigenvalue weighted by atomic mass is 32.1. The minimum atomic E-state index is -0.0709. The number of nitrogens with one attached hydrogen (secondary N) is 1. The van der Waals surface area contributed by atoms with Crippen LogP contribution >= 0.6 is 11.3 Å². The number of hydrogen-bond donors (Lipinski definition) is 1. The summed E-state index contributed by atoms with van der Waals surface area (Å²) in [5.74, 6) is 0.447. The van der Waals surface area contributed by atoms with Crippen molar-refractivity contribution in [2.75, 3.05) is 5.32 Å². The summed E-state index contributed by atoms with van der Waals surface area (Å²) in [5, 5.41) is 4.87. The second-order valence-electron chi connectivity index (χ2n) is 5.63. The average Bonchev–Trinajstić information content (AvgIpc) is 3.25. The monoisotopic (exact) mass is 349 g/mol. The molecule has 0 bridgehead atoms. The zero-order valence-electron chi connectivity index (χ0n) is 13.5. The lowest BCUT2D eigenvalue weighted by Gasteiger charge is -2.06. The second-order valence-corrected chi connectivity index (χ2v) is 6.67. The Kier molecular flexibility index (Phi) is 4.03. The number of carbonyl (C=O) groups is 1. The van der Waals surface area contributed by atoms with Crippen LogP contribution in [-0.2, 0) is 11.2 Å². The van der Waals surface area contributed by atoms with E-state index >= 15 is 0 Å². The molecule has 5 nitrogen and oxygen atoms in total. The highest BCUT2D eigenvalue weighted by molar-refractivity contribution is 7.10. The lowest BCUT2D eigenvalue weighted by Crippen LogP contribution is -2.14. The number of aromatic nitrogens is 2. The summed E-state index contributed by atoms with van der Waals surface area (Å²) in [5.41, 5.74) is 3.33. The predicted molar refractivity (Wildman–Crippen MR) is 98.6 cm³/mol. The van der Waals surface area contributed by atoms with Gasteiger partial charge in [0, 0.05) is 10.4 Å². The van der Waals surface area contributed by atoms with Crippen LogP contribution in [-0.4, -0.2) is 15.9 Å². The van der Waals surface area contributed by atoms with Crippen LogP contribution in [0.3, 0.4) is 0 Å². The third-order valence-corrected chi connectivity index (χ3v) is 4.66. The number of carbonyl (C=O) groups excluding carboxylic acids is 1. The standard InChI is InChI=1S/C19H15N3O2S/c1-12-15(21-17(23)10-14-8-5-9-25-14)11-16-19(20-12)24-18(22-16)13-6-3-2-4-7-13/h2-9,11H,10H2,1H3,(H,21,23). The predicted octanol–water partition coefficient (Wildman–Crippen LogP) is 4.44. The molecule has 0 saturated carbocycles. The van der Waals surface area contributed by atoms with Crippen molar-refractivity contribution in [1.29, 1.82) is 0 Å². The van der Waals surface area contributed by atoms with Gasteiger partial charge in [0.2, 0.25) is 17.5 Å². The van der Waals surface area contributed by atoms with Crippen LogP contribution in [0.15, 0.2) is 58.3 Å². The topological polar surface area (TPSA) is 68.0 Å². The van der Waals surface area contributed by atoms with Crippen molar-refractivity contribution in [3.05, 3.63) is 64.5 Å². The number of aryl methyl sites for hydroxylation is 1. The summed E-state index contributed by atoms with van der Waals surface area (Å²) >= 11 is 1.57. The van der Waals surface area contributed by atoms with Gasteiger partial charge in [-0.2, -0.15) is 0 Å². The van der Waals surface area contributed by atoms with Crippen LogP contribution in [0.2, 0.25) is 0 Å². The van der Waals surface area contributed by atoms with Gasteiger partial charge >= 0.3 is 0 Å². The van der Waals surface area contributed by atoms with E-state index in [9.17, 15) is 4.79 Å². The van der Waals surface area contributed by atoms with Crippen LogP contribution < -0.4 is 5.32 Å². The fraction of sp³-hybridized carbons (Fsp3) is 0.105. The van der Waals surface area contributed by atoms with Gasteiger partial charge in [-0.25, -0.2) is 9.97 Å². The van der Waals surface area contributed by atoms with Gasteiger partial charge in [0.25, 0.3) is 0 Å². The van der Waals surface area contributed by atoms with E-state index in [4.69, 9.17) is 4.42 Å². The Morgan fingerprint density at radius 3 is 2.76 bits per heavy atom. The first-order chi connectivity index (χ1) is 12.2. The summed E-state index contributed by atoms with van der Waals surface area (Å²) in [6.45, 7) is 1.84. The van der Waals surface area contributed by atoms with E-state index in [1.807, 2.05) is 54.8 Å². The van der Waals surface area contributed by atoms with Crippen molar-refractivity contribution < 1.29 is 9.21 Å². The van der Waals surface area contributed by atoms with Crippen LogP contribution in [0, 0.1) is 6.92 Å². The number of pyridine rings is 1. The zero-order chi connectivity index (χ0) is 17.2. The minimum absolute atomic E-state index is 0.0709. The summed E-state index contributed by atoms with van der Waals surface area (Å²) < 4.78 is 5.75. The first kappa shape index (κ1) is 15.5. The number of rotatable bonds is 4.